The quantitative estimate of drug-likeness (QED) is 0.479. The molecule has 26 heavy (non-hydrogen) atoms. The molecule has 4 rings (SSSR count). The number of methoxy groups -OCH3 is 1. The number of benzene rings is 2. The zero-order valence-corrected chi connectivity index (χ0v) is 15.4. The van der Waals surface area contributed by atoms with Gasteiger partial charge in [0.1, 0.15) is 10.8 Å². The van der Waals surface area contributed by atoms with E-state index in [4.69, 9.17) is 20.9 Å². The molecule has 0 aliphatic carbocycles. The molecule has 2 aromatic heterocycles. The minimum absolute atomic E-state index is 0.501. The largest absolute Gasteiger partial charge is 0.497 e. The second-order valence-corrected chi connectivity index (χ2v) is 6.93. The van der Waals surface area contributed by atoms with Gasteiger partial charge in [0.15, 0.2) is 0 Å². The molecule has 0 saturated carbocycles. The number of aromatic nitrogens is 3. The van der Waals surface area contributed by atoms with E-state index in [1.54, 1.807) is 30.6 Å². The van der Waals surface area contributed by atoms with Crippen molar-refractivity contribution in [3.05, 3.63) is 69.8 Å². The smallest absolute Gasteiger partial charge is 0.233 e. The summed E-state index contributed by atoms with van der Waals surface area (Å²) in [6.07, 6.45) is 0.501. The van der Waals surface area contributed by atoms with E-state index in [0.29, 0.717) is 23.2 Å². The van der Waals surface area contributed by atoms with E-state index in [2.05, 4.69) is 15.1 Å². The molecule has 0 fully saturated rings. The van der Waals surface area contributed by atoms with E-state index in [1.807, 2.05) is 41.8 Å². The van der Waals surface area contributed by atoms with Gasteiger partial charge in [-0.15, -0.1) is 11.3 Å². The minimum atomic E-state index is 0.501. The van der Waals surface area contributed by atoms with Gasteiger partial charge < -0.3 is 9.26 Å². The molecule has 4 aromatic rings. The fourth-order valence-electron chi connectivity index (χ4n) is 2.46. The van der Waals surface area contributed by atoms with Crippen LogP contribution in [-0.4, -0.2) is 22.2 Å². The van der Waals surface area contributed by atoms with E-state index in [0.717, 1.165) is 27.6 Å². The summed E-state index contributed by atoms with van der Waals surface area (Å²) in [5, 5.41) is 7.64. The van der Waals surface area contributed by atoms with Crippen LogP contribution in [0.15, 0.2) is 58.4 Å². The van der Waals surface area contributed by atoms with E-state index >= 15 is 0 Å². The van der Waals surface area contributed by atoms with Gasteiger partial charge in [-0.25, -0.2) is 4.98 Å². The van der Waals surface area contributed by atoms with Crippen LogP contribution in [0.3, 0.4) is 0 Å². The van der Waals surface area contributed by atoms with E-state index in [-0.39, 0.29) is 0 Å². The van der Waals surface area contributed by atoms with Crippen molar-refractivity contribution >= 4 is 22.9 Å². The predicted octanol–water partition coefficient (Wildman–Crippen LogP) is 5.11. The molecule has 2 heterocycles. The topological polar surface area (TPSA) is 61.0 Å². The maximum atomic E-state index is 5.90. The van der Waals surface area contributed by atoms with Crippen molar-refractivity contribution < 1.29 is 9.26 Å². The van der Waals surface area contributed by atoms with Gasteiger partial charge in [0, 0.05) is 21.5 Å². The van der Waals surface area contributed by atoms with Gasteiger partial charge in [-0.2, -0.15) is 4.98 Å². The zero-order chi connectivity index (χ0) is 17.9. The fraction of sp³-hybridized carbons (Fsp3) is 0.105. The van der Waals surface area contributed by atoms with E-state index < -0.39 is 0 Å². The average Bonchev–Trinajstić information content (AvgIpc) is 3.33. The molecule has 5 nitrogen and oxygen atoms in total. The first kappa shape index (κ1) is 16.8. The van der Waals surface area contributed by atoms with Crippen LogP contribution in [0.2, 0.25) is 5.02 Å². The number of rotatable bonds is 5. The monoisotopic (exact) mass is 383 g/mol. The first-order chi connectivity index (χ1) is 12.7. The Balaban J connectivity index is 1.49. The Labute approximate surface area is 159 Å². The minimum Gasteiger partial charge on any atom is -0.497 e. The van der Waals surface area contributed by atoms with Gasteiger partial charge in [-0.1, -0.05) is 16.8 Å². The second kappa shape index (κ2) is 7.27. The summed E-state index contributed by atoms with van der Waals surface area (Å²) in [7, 11) is 1.65. The van der Waals surface area contributed by atoms with Gasteiger partial charge >= 0.3 is 0 Å². The molecule has 0 N–H and O–H groups in total. The molecular weight excluding hydrogens is 370 g/mol. The van der Waals surface area contributed by atoms with Crippen LogP contribution >= 0.6 is 22.9 Å². The highest BCUT2D eigenvalue weighted by atomic mass is 35.5. The van der Waals surface area contributed by atoms with Gasteiger partial charge in [0.2, 0.25) is 11.7 Å². The lowest BCUT2D eigenvalue weighted by atomic mass is 10.2. The molecule has 0 aliphatic heterocycles. The third kappa shape index (κ3) is 3.61. The standard InChI is InChI=1S/C19H14ClN3O2S/c1-24-15-8-4-12(5-9-15)16-11-26-18(21-16)10-17-22-19(23-25-17)13-2-6-14(20)7-3-13/h2-9,11H,10H2,1H3. The van der Waals surface area contributed by atoms with E-state index in [9.17, 15) is 0 Å². The highest BCUT2D eigenvalue weighted by molar-refractivity contribution is 7.10. The molecule has 0 atom stereocenters. The highest BCUT2D eigenvalue weighted by Gasteiger charge is 2.12. The van der Waals surface area contributed by atoms with Crippen molar-refractivity contribution in [1.82, 2.24) is 15.1 Å². The molecule has 7 heteroatoms. The SMILES string of the molecule is COc1ccc(-c2csc(Cc3nc(-c4ccc(Cl)cc4)no3)n2)cc1. The summed E-state index contributed by atoms with van der Waals surface area (Å²) in [6.45, 7) is 0. The van der Waals surface area contributed by atoms with Crippen LogP contribution in [0, 0.1) is 0 Å². The first-order valence-corrected chi connectivity index (χ1v) is 9.14. The Morgan fingerprint density at radius 3 is 2.46 bits per heavy atom. The Bertz CT molecular complexity index is 1010. The van der Waals surface area contributed by atoms with Gasteiger partial charge in [0.25, 0.3) is 0 Å². The number of halogens is 1. The van der Waals surface area contributed by atoms with Crippen LogP contribution < -0.4 is 4.74 Å². The van der Waals surface area contributed by atoms with Gasteiger partial charge in [-0.05, 0) is 48.5 Å². The first-order valence-electron chi connectivity index (χ1n) is 7.88. The number of thiazole rings is 1. The van der Waals surface area contributed by atoms with Crippen molar-refractivity contribution in [2.24, 2.45) is 0 Å². The van der Waals surface area contributed by atoms with Crippen molar-refractivity contribution in [2.75, 3.05) is 7.11 Å². The number of hydrogen-bond donors (Lipinski definition) is 0. The summed E-state index contributed by atoms with van der Waals surface area (Å²) in [5.74, 6) is 1.90. The Morgan fingerprint density at radius 2 is 1.73 bits per heavy atom. The van der Waals surface area contributed by atoms with Gasteiger partial charge in [0.05, 0.1) is 19.2 Å². The fourth-order valence-corrected chi connectivity index (χ4v) is 3.38. The molecule has 130 valence electrons. The number of ether oxygens (including phenoxy) is 1. The van der Waals surface area contributed by atoms with Crippen LogP contribution in [-0.2, 0) is 6.42 Å². The summed E-state index contributed by atoms with van der Waals surface area (Å²) in [6, 6.07) is 15.1. The molecule has 0 amide bonds. The summed E-state index contributed by atoms with van der Waals surface area (Å²) in [4.78, 5) is 9.10. The van der Waals surface area contributed by atoms with Crippen molar-refractivity contribution in [3.63, 3.8) is 0 Å². The van der Waals surface area contributed by atoms with Crippen LogP contribution in [0.1, 0.15) is 10.9 Å². The summed E-state index contributed by atoms with van der Waals surface area (Å²) >= 11 is 7.47. The lowest BCUT2D eigenvalue weighted by molar-refractivity contribution is 0.385. The molecule has 0 radical (unpaired) electrons. The number of hydrogen-bond acceptors (Lipinski definition) is 6. The Kier molecular flexibility index (Phi) is 4.69. The van der Waals surface area contributed by atoms with Crippen LogP contribution in [0.5, 0.6) is 5.75 Å². The lowest BCUT2D eigenvalue weighted by Gasteiger charge is -2.00. The van der Waals surface area contributed by atoms with E-state index in [1.165, 1.54) is 0 Å². The maximum Gasteiger partial charge on any atom is 0.233 e. The third-order valence-corrected chi connectivity index (χ3v) is 4.91. The summed E-state index contributed by atoms with van der Waals surface area (Å²) in [5.41, 5.74) is 2.83. The zero-order valence-electron chi connectivity index (χ0n) is 13.8. The maximum absolute atomic E-state index is 5.90. The van der Waals surface area contributed by atoms with Crippen LogP contribution in [0.25, 0.3) is 22.6 Å². The van der Waals surface area contributed by atoms with Crippen LogP contribution in [0.4, 0.5) is 0 Å². The normalized spacial score (nSPS) is 10.8. The molecule has 0 aliphatic rings. The predicted molar refractivity (Wildman–Crippen MR) is 102 cm³/mol. The van der Waals surface area contributed by atoms with Crippen molar-refractivity contribution in [1.29, 1.82) is 0 Å². The van der Waals surface area contributed by atoms with Crippen molar-refractivity contribution in [3.8, 4) is 28.4 Å². The lowest BCUT2D eigenvalue weighted by Crippen LogP contribution is -1.88. The Hall–Kier alpha value is -2.70. The highest BCUT2D eigenvalue weighted by Crippen LogP contribution is 2.26. The third-order valence-electron chi connectivity index (χ3n) is 3.81. The summed E-state index contributed by atoms with van der Waals surface area (Å²) < 4.78 is 10.5. The van der Waals surface area contributed by atoms with Crippen molar-refractivity contribution in [2.45, 2.75) is 6.42 Å². The molecule has 0 unspecified atom stereocenters. The average molecular weight is 384 g/mol. The molecule has 2 aromatic carbocycles. The Morgan fingerprint density at radius 1 is 1.00 bits per heavy atom. The molecule has 0 bridgehead atoms. The van der Waals surface area contributed by atoms with Gasteiger partial charge in [-0.3, -0.25) is 0 Å². The molecule has 0 saturated heterocycles. The molecule has 0 spiro atoms. The number of nitrogens with zero attached hydrogens (tertiary/aromatic N) is 3. The molecular formula is C19H14ClN3O2S. The second-order valence-electron chi connectivity index (χ2n) is 5.55.